The van der Waals surface area contributed by atoms with Gasteiger partial charge in [-0.05, 0) is 92.0 Å². The molecule has 0 atom stereocenters. The molecule has 9 nitrogen and oxygen atoms in total. The number of amides is 1. The molecular weight excluding hydrogens is 554 g/mol. The molecule has 0 spiro atoms. The Labute approximate surface area is 247 Å². The van der Waals surface area contributed by atoms with E-state index in [1.807, 2.05) is 30.3 Å². The van der Waals surface area contributed by atoms with Crippen LogP contribution >= 0.6 is 0 Å². The van der Waals surface area contributed by atoms with Gasteiger partial charge >= 0.3 is 16.2 Å². The molecule has 1 heterocycles. The summed E-state index contributed by atoms with van der Waals surface area (Å²) in [6.07, 6.45) is 8.70. The third kappa shape index (κ3) is 5.30. The molecule has 3 aliphatic rings. The Balaban J connectivity index is 1.51. The molecule has 2 aromatic carbocycles. The van der Waals surface area contributed by atoms with Gasteiger partial charge in [0.15, 0.2) is 0 Å². The quantitative estimate of drug-likeness (QED) is 0.316. The van der Waals surface area contributed by atoms with Crippen LogP contribution < -0.4 is 9.46 Å². The zero-order valence-electron chi connectivity index (χ0n) is 24.5. The van der Waals surface area contributed by atoms with Gasteiger partial charge in [0, 0.05) is 36.1 Å². The van der Waals surface area contributed by atoms with Crippen LogP contribution in [0, 0.1) is 5.41 Å². The zero-order chi connectivity index (χ0) is 29.6. The number of hydrogen-bond acceptors (Lipinski definition) is 6. The maximum Gasteiger partial charge on any atom is 0.313 e. The number of carbonyl (C=O) groups is 2. The van der Waals surface area contributed by atoms with Crippen molar-refractivity contribution in [1.29, 1.82) is 0 Å². The van der Waals surface area contributed by atoms with Crippen molar-refractivity contribution < 1.29 is 27.5 Å². The molecule has 0 aliphatic heterocycles. The number of hydrogen-bond donors (Lipinski definition) is 1. The molecule has 3 fully saturated rings. The molecule has 6 rings (SSSR count). The third-order valence-electron chi connectivity index (χ3n) is 9.34. The average molecular weight is 594 g/mol. The van der Waals surface area contributed by atoms with Crippen molar-refractivity contribution in [3.63, 3.8) is 0 Å². The number of methoxy groups -OCH3 is 2. The first-order chi connectivity index (χ1) is 20.2. The molecule has 42 heavy (non-hydrogen) atoms. The summed E-state index contributed by atoms with van der Waals surface area (Å²) in [7, 11) is 0.611. The fourth-order valence-corrected chi connectivity index (χ4v) is 7.63. The maximum absolute atomic E-state index is 13.3. The summed E-state index contributed by atoms with van der Waals surface area (Å²) in [4.78, 5) is 26.3. The topological polar surface area (TPSA) is 107 Å². The summed E-state index contributed by atoms with van der Waals surface area (Å²) in [5.41, 5.74) is 3.72. The lowest BCUT2D eigenvalue weighted by Gasteiger charge is -2.24. The lowest BCUT2D eigenvalue weighted by molar-refractivity contribution is -0.147. The van der Waals surface area contributed by atoms with Crippen LogP contribution in [0.3, 0.4) is 0 Å². The minimum absolute atomic E-state index is 0.0619. The predicted octanol–water partition coefficient (Wildman–Crippen LogP) is 5.39. The van der Waals surface area contributed by atoms with Crippen LogP contribution in [-0.2, 0) is 26.3 Å². The summed E-state index contributed by atoms with van der Waals surface area (Å²) in [6.45, 7) is 0.415. The number of fused-ring (bicyclic) bond motifs is 1. The van der Waals surface area contributed by atoms with Crippen molar-refractivity contribution in [2.75, 3.05) is 21.3 Å². The van der Waals surface area contributed by atoms with Gasteiger partial charge in [-0.2, -0.15) is 12.7 Å². The van der Waals surface area contributed by atoms with Gasteiger partial charge in [0.25, 0.3) is 5.91 Å². The fourth-order valence-electron chi connectivity index (χ4n) is 6.53. The molecule has 0 radical (unpaired) electrons. The van der Waals surface area contributed by atoms with Crippen molar-refractivity contribution in [2.24, 2.45) is 5.41 Å². The number of aromatic nitrogens is 1. The lowest BCUT2D eigenvalue weighted by atomic mass is 9.81. The summed E-state index contributed by atoms with van der Waals surface area (Å²) < 4.78 is 42.0. The van der Waals surface area contributed by atoms with E-state index in [4.69, 9.17) is 9.47 Å². The number of ether oxygens (including phenoxy) is 2. The van der Waals surface area contributed by atoms with E-state index in [1.165, 1.54) is 30.4 Å². The molecule has 10 heteroatoms. The molecule has 3 saturated carbocycles. The monoisotopic (exact) mass is 593 g/mol. The molecule has 0 saturated heterocycles. The highest BCUT2D eigenvalue weighted by Crippen LogP contribution is 2.51. The maximum atomic E-state index is 13.3. The van der Waals surface area contributed by atoms with Gasteiger partial charge in [-0.25, -0.2) is 4.72 Å². The van der Waals surface area contributed by atoms with Crippen LogP contribution in [0.15, 0.2) is 42.5 Å². The molecule has 224 valence electrons. The Kier molecular flexibility index (Phi) is 7.55. The van der Waals surface area contributed by atoms with E-state index in [-0.39, 0.29) is 17.6 Å². The van der Waals surface area contributed by atoms with Crippen LogP contribution in [0.2, 0.25) is 0 Å². The number of nitrogens with zero attached hydrogens (tertiary/aromatic N) is 2. The average Bonchev–Trinajstić information content (AvgIpc) is 3.94. The highest BCUT2D eigenvalue weighted by Gasteiger charge is 2.52. The molecule has 0 unspecified atom stereocenters. The fraction of sp³-hybridized carbons (Fsp3) is 0.500. The van der Waals surface area contributed by atoms with Gasteiger partial charge < -0.3 is 14.0 Å². The highest BCUT2D eigenvalue weighted by molar-refractivity contribution is 7.87. The Morgan fingerprint density at radius 3 is 2.29 bits per heavy atom. The van der Waals surface area contributed by atoms with Gasteiger partial charge in [-0.15, -0.1) is 0 Å². The van der Waals surface area contributed by atoms with E-state index in [2.05, 4.69) is 9.29 Å². The largest absolute Gasteiger partial charge is 0.497 e. The van der Waals surface area contributed by atoms with E-state index in [9.17, 15) is 18.0 Å². The van der Waals surface area contributed by atoms with E-state index >= 15 is 0 Å². The summed E-state index contributed by atoms with van der Waals surface area (Å²) in [5.74, 6) is 0.189. The SMILES string of the molecule is COC(=O)C1(Cn2c(-c3ccc(OC)cc3)c(C3CCCCC3)c3ccc(C(=O)NS(=O)(=O)N(C)C4CC4)cc32)CC1. The van der Waals surface area contributed by atoms with Crippen LogP contribution in [0.4, 0.5) is 0 Å². The van der Waals surface area contributed by atoms with E-state index < -0.39 is 21.5 Å². The Morgan fingerprint density at radius 1 is 1.00 bits per heavy atom. The second kappa shape index (κ2) is 11.0. The van der Waals surface area contributed by atoms with Crippen molar-refractivity contribution in [1.82, 2.24) is 13.6 Å². The number of rotatable bonds is 10. The Bertz CT molecular complexity index is 1610. The van der Waals surface area contributed by atoms with Crippen LogP contribution in [-0.4, -0.2) is 56.5 Å². The molecular formula is C32H39N3O6S. The number of carbonyl (C=O) groups excluding carboxylic acids is 2. The summed E-state index contributed by atoms with van der Waals surface area (Å²) >= 11 is 0. The highest BCUT2D eigenvalue weighted by atomic mass is 32.2. The molecule has 1 amide bonds. The first-order valence-electron chi connectivity index (χ1n) is 14.9. The minimum atomic E-state index is -3.96. The van der Waals surface area contributed by atoms with Gasteiger partial charge in [0.2, 0.25) is 0 Å². The third-order valence-corrected chi connectivity index (χ3v) is 10.8. The molecule has 3 aliphatic carbocycles. The van der Waals surface area contributed by atoms with Gasteiger partial charge in [-0.1, -0.05) is 25.3 Å². The smallest absolute Gasteiger partial charge is 0.313 e. The number of nitrogens with one attached hydrogen (secondary N) is 1. The summed E-state index contributed by atoms with van der Waals surface area (Å²) in [5, 5.41) is 1.03. The zero-order valence-corrected chi connectivity index (χ0v) is 25.3. The molecule has 3 aromatic rings. The lowest BCUT2D eigenvalue weighted by Crippen LogP contribution is -2.42. The normalized spacial score (nSPS) is 18.7. The minimum Gasteiger partial charge on any atom is -0.497 e. The molecule has 1 aromatic heterocycles. The molecule has 1 N–H and O–H groups in total. The van der Waals surface area contributed by atoms with Gasteiger partial charge in [-0.3, -0.25) is 9.59 Å². The number of benzene rings is 2. The number of esters is 1. The molecule has 0 bridgehead atoms. The van der Waals surface area contributed by atoms with Crippen molar-refractivity contribution in [3.05, 3.63) is 53.6 Å². The van der Waals surface area contributed by atoms with Gasteiger partial charge in [0.05, 0.1) is 25.3 Å². The summed E-state index contributed by atoms with van der Waals surface area (Å²) in [6, 6.07) is 13.4. The van der Waals surface area contributed by atoms with E-state index in [0.717, 1.165) is 79.3 Å². The van der Waals surface area contributed by atoms with Crippen molar-refractivity contribution in [2.45, 2.75) is 76.3 Å². The van der Waals surface area contributed by atoms with Crippen LogP contribution in [0.5, 0.6) is 5.75 Å². The van der Waals surface area contributed by atoms with Crippen LogP contribution in [0.1, 0.15) is 79.6 Å². The van der Waals surface area contributed by atoms with Crippen molar-refractivity contribution in [3.8, 4) is 17.0 Å². The van der Waals surface area contributed by atoms with Gasteiger partial charge in [0.1, 0.15) is 5.75 Å². The van der Waals surface area contributed by atoms with Crippen molar-refractivity contribution >= 4 is 33.0 Å². The first-order valence-corrected chi connectivity index (χ1v) is 16.3. The first kappa shape index (κ1) is 28.7. The second-order valence-corrected chi connectivity index (χ2v) is 13.8. The second-order valence-electron chi connectivity index (χ2n) is 12.1. The van der Waals surface area contributed by atoms with E-state index in [0.29, 0.717) is 12.5 Å². The van der Waals surface area contributed by atoms with E-state index in [1.54, 1.807) is 19.2 Å². The Morgan fingerprint density at radius 2 is 1.69 bits per heavy atom. The van der Waals surface area contributed by atoms with Crippen LogP contribution in [0.25, 0.3) is 22.2 Å². The Hall–Kier alpha value is -3.37. The predicted molar refractivity (Wildman–Crippen MR) is 161 cm³/mol. The standard InChI is InChI=1S/C32H39N3O6S/c1-34(24-12-13-24)42(38,39)33-30(36)23-11-16-26-27(19-23)35(20-32(17-18-32)31(37)41-3)29(22-9-14-25(40-2)15-10-22)28(26)21-7-5-4-6-8-21/h9-11,14-16,19,21,24H,4-8,12-13,17-18,20H2,1-3H3,(H,33,36).